The normalized spacial score (nSPS) is 13.1. The molecule has 0 spiro atoms. The third-order valence-corrected chi connectivity index (χ3v) is 2.12. The lowest BCUT2D eigenvalue weighted by atomic mass is 10.2. The minimum Gasteiger partial charge on any atom is -0.467 e. The Kier molecular flexibility index (Phi) is 9.35. The molecule has 0 aliphatic carbocycles. The molecule has 1 nitrogen and oxygen atoms in total. The molecule has 0 saturated heterocycles. The third-order valence-electron chi connectivity index (χ3n) is 2.12. The van der Waals surface area contributed by atoms with Crippen molar-refractivity contribution < 1.29 is 4.74 Å². The summed E-state index contributed by atoms with van der Waals surface area (Å²) in [6.07, 6.45) is 10.9. The van der Waals surface area contributed by atoms with Gasteiger partial charge in [-0.25, -0.2) is 0 Å². The van der Waals surface area contributed by atoms with E-state index in [2.05, 4.69) is 39.8 Å². The first-order valence-corrected chi connectivity index (χ1v) is 6.34. The zero-order valence-electron chi connectivity index (χ0n) is 10.8. The summed E-state index contributed by atoms with van der Waals surface area (Å²) in [6.45, 7) is 8.69. The van der Waals surface area contributed by atoms with Crippen molar-refractivity contribution in [2.45, 2.75) is 66.2 Å². The number of hydrogen-bond donors (Lipinski definition) is 0. The molecule has 0 aromatic rings. The number of rotatable bonds is 8. The van der Waals surface area contributed by atoms with Crippen LogP contribution in [0.4, 0.5) is 0 Å². The molecule has 0 saturated carbocycles. The highest BCUT2D eigenvalue weighted by Crippen LogP contribution is 2.17. The van der Waals surface area contributed by atoms with E-state index in [1.54, 1.807) is 0 Å². The fraction of sp³-hybridized carbons (Fsp3) is 0.714. The molecule has 0 atom stereocenters. The maximum Gasteiger partial charge on any atom is 0.0995 e. The van der Waals surface area contributed by atoms with Gasteiger partial charge in [0.05, 0.1) is 11.5 Å². The summed E-state index contributed by atoms with van der Waals surface area (Å²) in [6, 6.07) is 0. The fourth-order valence-corrected chi connectivity index (χ4v) is 1.51. The summed E-state index contributed by atoms with van der Waals surface area (Å²) in [4.78, 5) is 0. The minimum atomic E-state index is 1.05. The quantitative estimate of drug-likeness (QED) is 0.501. The van der Waals surface area contributed by atoms with Crippen LogP contribution in [0.15, 0.2) is 23.7 Å². The molecule has 1 heteroatoms. The van der Waals surface area contributed by atoms with E-state index < -0.39 is 0 Å². The second-order valence-corrected chi connectivity index (χ2v) is 3.76. The summed E-state index contributed by atoms with van der Waals surface area (Å²) in [7, 11) is 0. The lowest BCUT2D eigenvalue weighted by molar-refractivity contribution is 0.272. The molecular weight excluding hydrogens is 184 g/mol. The van der Waals surface area contributed by atoms with E-state index in [0.29, 0.717) is 0 Å². The van der Waals surface area contributed by atoms with Gasteiger partial charge < -0.3 is 4.74 Å². The molecule has 0 bridgehead atoms. The van der Waals surface area contributed by atoms with Gasteiger partial charge in [0.2, 0.25) is 0 Å². The predicted molar refractivity (Wildman–Crippen MR) is 67.6 cm³/mol. The molecule has 0 N–H and O–H groups in total. The molecule has 0 aliphatic rings. The summed E-state index contributed by atoms with van der Waals surface area (Å²) >= 11 is 0. The first-order valence-electron chi connectivity index (χ1n) is 6.34. The van der Waals surface area contributed by atoms with Crippen molar-refractivity contribution in [1.29, 1.82) is 0 Å². The standard InChI is InChI=1S/C14H26O/c1-5-9-13(10-6-2)15-14(11-7-3)12-8-4/h9,11H,5-8,10,12H2,1-4H3/b13-9+,14-11+. The largest absolute Gasteiger partial charge is 0.467 e. The van der Waals surface area contributed by atoms with Crippen molar-refractivity contribution in [1.82, 2.24) is 0 Å². The molecule has 0 heterocycles. The smallest absolute Gasteiger partial charge is 0.0995 e. The highest BCUT2D eigenvalue weighted by Gasteiger charge is 2.01. The molecule has 0 aromatic carbocycles. The van der Waals surface area contributed by atoms with Gasteiger partial charge in [0.15, 0.2) is 0 Å². The van der Waals surface area contributed by atoms with E-state index in [4.69, 9.17) is 4.74 Å². The molecular formula is C14H26O. The van der Waals surface area contributed by atoms with Crippen molar-refractivity contribution in [3.8, 4) is 0 Å². The average molecular weight is 210 g/mol. The van der Waals surface area contributed by atoms with Crippen LogP contribution in [0, 0.1) is 0 Å². The topological polar surface area (TPSA) is 9.23 Å². The van der Waals surface area contributed by atoms with Gasteiger partial charge in [-0.2, -0.15) is 0 Å². The molecule has 0 aliphatic heterocycles. The van der Waals surface area contributed by atoms with E-state index in [0.717, 1.165) is 50.0 Å². The van der Waals surface area contributed by atoms with Crippen molar-refractivity contribution in [3.63, 3.8) is 0 Å². The van der Waals surface area contributed by atoms with Crippen LogP contribution >= 0.6 is 0 Å². The zero-order chi connectivity index (χ0) is 11.5. The predicted octanol–water partition coefficient (Wildman–Crippen LogP) is 5.19. The Bertz CT molecular complexity index is 179. The van der Waals surface area contributed by atoms with Crippen LogP contribution in [0.25, 0.3) is 0 Å². The van der Waals surface area contributed by atoms with Crippen LogP contribution in [0.3, 0.4) is 0 Å². The summed E-state index contributed by atoms with van der Waals surface area (Å²) in [5, 5.41) is 0. The highest BCUT2D eigenvalue weighted by atomic mass is 16.5. The lowest BCUT2D eigenvalue weighted by Crippen LogP contribution is -1.94. The van der Waals surface area contributed by atoms with Gasteiger partial charge in [0, 0.05) is 12.8 Å². The molecule has 0 radical (unpaired) electrons. The Morgan fingerprint density at radius 3 is 1.47 bits per heavy atom. The van der Waals surface area contributed by atoms with Crippen molar-refractivity contribution in [2.24, 2.45) is 0 Å². The summed E-state index contributed by atoms with van der Waals surface area (Å²) < 4.78 is 5.93. The molecule has 0 rings (SSSR count). The molecule has 0 fully saturated rings. The first-order chi connectivity index (χ1) is 7.28. The van der Waals surface area contributed by atoms with Crippen LogP contribution in [-0.2, 0) is 4.74 Å². The fourth-order valence-electron chi connectivity index (χ4n) is 1.51. The second kappa shape index (κ2) is 9.82. The maximum atomic E-state index is 5.93. The summed E-state index contributed by atoms with van der Waals surface area (Å²) in [5.41, 5.74) is 0. The van der Waals surface area contributed by atoms with Crippen LogP contribution in [0.5, 0.6) is 0 Å². The number of hydrogen-bond acceptors (Lipinski definition) is 1. The Labute approximate surface area is 95.2 Å². The second-order valence-electron chi connectivity index (χ2n) is 3.76. The Hall–Kier alpha value is -0.720. The van der Waals surface area contributed by atoms with Crippen LogP contribution in [0.2, 0.25) is 0 Å². The van der Waals surface area contributed by atoms with E-state index in [9.17, 15) is 0 Å². The maximum absolute atomic E-state index is 5.93. The summed E-state index contributed by atoms with van der Waals surface area (Å²) in [5.74, 6) is 2.29. The number of ether oxygens (including phenoxy) is 1. The molecule has 0 aromatic heterocycles. The van der Waals surface area contributed by atoms with E-state index in [1.165, 1.54) is 0 Å². The van der Waals surface area contributed by atoms with Gasteiger partial charge in [0.1, 0.15) is 0 Å². The molecule has 15 heavy (non-hydrogen) atoms. The van der Waals surface area contributed by atoms with Gasteiger partial charge >= 0.3 is 0 Å². The Morgan fingerprint density at radius 2 is 1.20 bits per heavy atom. The SMILES string of the molecule is CC/C=C(\CCC)O/C(=C/CC)CCC. The molecule has 0 unspecified atom stereocenters. The third kappa shape index (κ3) is 7.24. The van der Waals surface area contributed by atoms with E-state index in [-0.39, 0.29) is 0 Å². The van der Waals surface area contributed by atoms with Gasteiger partial charge in [0.25, 0.3) is 0 Å². The number of allylic oxidation sites excluding steroid dienone is 4. The Morgan fingerprint density at radius 1 is 0.800 bits per heavy atom. The highest BCUT2D eigenvalue weighted by molar-refractivity contribution is 5.01. The zero-order valence-corrected chi connectivity index (χ0v) is 10.8. The van der Waals surface area contributed by atoms with Gasteiger partial charge in [-0.3, -0.25) is 0 Å². The van der Waals surface area contributed by atoms with Crippen LogP contribution in [-0.4, -0.2) is 0 Å². The Balaban J connectivity index is 4.32. The van der Waals surface area contributed by atoms with Crippen molar-refractivity contribution in [2.75, 3.05) is 0 Å². The van der Waals surface area contributed by atoms with Gasteiger partial charge in [-0.1, -0.05) is 27.7 Å². The van der Waals surface area contributed by atoms with Gasteiger partial charge in [-0.15, -0.1) is 0 Å². The van der Waals surface area contributed by atoms with E-state index >= 15 is 0 Å². The van der Waals surface area contributed by atoms with E-state index in [1.807, 2.05) is 0 Å². The molecule has 0 amide bonds. The monoisotopic (exact) mass is 210 g/mol. The van der Waals surface area contributed by atoms with Crippen molar-refractivity contribution in [3.05, 3.63) is 23.7 Å². The van der Waals surface area contributed by atoms with Crippen LogP contribution < -0.4 is 0 Å². The van der Waals surface area contributed by atoms with Crippen molar-refractivity contribution >= 4 is 0 Å². The minimum absolute atomic E-state index is 1.05. The average Bonchev–Trinajstić information content (AvgIpc) is 2.19. The van der Waals surface area contributed by atoms with Gasteiger partial charge in [-0.05, 0) is 37.8 Å². The van der Waals surface area contributed by atoms with Crippen LogP contribution in [0.1, 0.15) is 66.2 Å². The molecule has 88 valence electrons. The lowest BCUT2D eigenvalue weighted by Gasteiger charge is -2.12. The first kappa shape index (κ1) is 14.3.